The first-order chi connectivity index (χ1) is 31.1. The van der Waals surface area contributed by atoms with Gasteiger partial charge in [0.25, 0.3) is 0 Å². The van der Waals surface area contributed by atoms with Gasteiger partial charge in [-0.25, -0.2) is 0 Å². The molecule has 6 rings (SSSR count). The smallest absolute Gasteiger partial charge is 0.0468 e. The Morgan fingerprint density at radius 2 is 0.556 bits per heavy atom. The third kappa shape index (κ3) is 17.8. The van der Waals surface area contributed by atoms with Crippen molar-refractivity contribution in [2.45, 2.75) is 297 Å². The lowest BCUT2D eigenvalue weighted by molar-refractivity contribution is 0.0303. The van der Waals surface area contributed by atoms with Gasteiger partial charge in [-0.05, 0) is 198 Å². The first-order valence-electron chi connectivity index (χ1n) is 30.7. The summed E-state index contributed by atoms with van der Waals surface area (Å²) in [5.41, 5.74) is 0. The van der Waals surface area contributed by atoms with E-state index in [0.717, 1.165) is 96.1 Å². The normalized spacial score (nSPS) is 35.6. The summed E-state index contributed by atoms with van der Waals surface area (Å²) in [5, 5.41) is 0. The number of rotatable bonds is 28. The Morgan fingerprint density at radius 1 is 0.286 bits per heavy atom. The summed E-state index contributed by atoms with van der Waals surface area (Å²) in [7, 11) is 0. The van der Waals surface area contributed by atoms with Crippen LogP contribution in [0, 0.1) is 82.9 Å². The van der Waals surface area contributed by atoms with E-state index in [2.05, 4.69) is 27.7 Å². The molecule has 0 aromatic carbocycles. The molecule has 1 nitrogen and oxygen atoms in total. The van der Waals surface area contributed by atoms with Crippen molar-refractivity contribution in [3.8, 4) is 0 Å². The van der Waals surface area contributed by atoms with Crippen molar-refractivity contribution in [3.05, 3.63) is 0 Å². The zero-order valence-corrected chi connectivity index (χ0v) is 43.6. The summed E-state index contributed by atoms with van der Waals surface area (Å²) in [6, 6.07) is 0. The van der Waals surface area contributed by atoms with E-state index < -0.39 is 0 Å². The zero-order valence-electron chi connectivity index (χ0n) is 43.6. The van der Waals surface area contributed by atoms with Crippen LogP contribution in [0.4, 0.5) is 0 Å². The minimum atomic E-state index is 0.942. The molecule has 0 saturated heterocycles. The Morgan fingerprint density at radius 3 is 0.873 bits per heavy atom. The van der Waals surface area contributed by atoms with E-state index in [1.54, 1.807) is 103 Å². The highest BCUT2D eigenvalue weighted by Crippen LogP contribution is 2.50. The Balaban J connectivity index is 0.993. The highest BCUT2D eigenvalue weighted by atomic mass is 16.5. The molecule has 1 heteroatoms. The Labute approximate surface area is 396 Å². The maximum atomic E-state index is 6.96. The predicted molar refractivity (Wildman–Crippen MR) is 276 cm³/mol. The van der Waals surface area contributed by atoms with Crippen LogP contribution in [0.3, 0.4) is 0 Å². The third-order valence-electron chi connectivity index (χ3n) is 21.0. The molecule has 6 aliphatic carbocycles. The summed E-state index contributed by atoms with van der Waals surface area (Å²) in [6.07, 6.45) is 63.3. The van der Waals surface area contributed by atoms with E-state index in [-0.39, 0.29) is 0 Å². The van der Waals surface area contributed by atoms with Crippen LogP contribution in [0.5, 0.6) is 0 Å². The summed E-state index contributed by atoms with van der Waals surface area (Å²) in [4.78, 5) is 0. The first-order valence-corrected chi connectivity index (χ1v) is 30.7. The Kier molecular flexibility index (Phi) is 25.3. The first kappa shape index (κ1) is 52.3. The van der Waals surface area contributed by atoms with Gasteiger partial charge in [-0.2, -0.15) is 0 Å². The molecule has 2 atom stereocenters. The van der Waals surface area contributed by atoms with E-state index >= 15 is 0 Å². The molecule has 2 unspecified atom stereocenters. The van der Waals surface area contributed by atoms with Crippen molar-refractivity contribution < 1.29 is 4.74 Å². The number of hydrogen-bond acceptors (Lipinski definition) is 1. The summed E-state index contributed by atoms with van der Waals surface area (Å²) in [6.45, 7) is 11.7. The van der Waals surface area contributed by atoms with E-state index in [1.807, 2.05) is 0 Å². The zero-order chi connectivity index (χ0) is 43.9. The monoisotopic (exact) mass is 875 g/mol. The van der Waals surface area contributed by atoms with E-state index in [9.17, 15) is 0 Å². The van der Waals surface area contributed by atoms with Gasteiger partial charge in [-0.3, -0.25) is 0 Å². The molecule has 0 aromatic heterocycles. The Hall–Kier alpha value is -0.0400. The number of ether oxygens (including phenoxy) is 1. The van der Waals surface area contributed by atoms with Gasteiger partial charge in [-0.1, -0.05) is 182 Å². The fraction of sp³-hybridized carbons (Fsp3) is 1.00. The van der Waals surface area contributed by atoms with Gasteiger partial charge in [0.2, 0.25) is 0 Å². The van der Waals surface area contributed by atoms with Crippen LogP contribution >= 0.6 is 0 Å². The largest absolute Gasteiger partial charge is 0.381 e. The van der Waals surface area contributed by atoms with Gasteiger partial charge >= 0.3 is 0 Å². The van der Waals surface area contributed by atoms with Crippen molar-refractivity contribution in [2.24, 2.45) is 82.9 Å². The maximum Gasteiger partial charge on any atom is 0.0468 e. The van der Waals surface area contributed by atoms with Crippen molar-refractivity contribution in [1.82, 2.24) is 0 Å². The van der Waals surface area contributed by atoms with Crippen LogP contribution in [-0.2, 0) is 4.74 Å². The van der Waals surface area contributed by atoms with Crippen molar-refractivity contribution in [3.63, 3.8) is 0 Å². The standard InChI is InChI=1S/C62H114O/c1-5-9-11-13-15-19-51-25-33-57(34-26-51)61(59-41-37-55(38-42-59)53-29-21-49(17-7-3)22-30-53)45-47-63-48-46-62(58-35-27-52(28-36-58)20-16-14-12-10-6-2)60-43-39-56(40-44-60)54-31-23-50(18-8-4)24-32-54/h49-62H,5-48H2,1-4H3/t49-,50-,51-,52-,53-,54-,55-,56-,57-,58-,59-,60-,61?,62?. The molecule has 368 valence electrons. The lowest BCUT2D eigenvalue weighted by Gasteiger charge is -2.43. The van der Waals surface area contributed by atoms with E-state index in [1.165, 1.54) is 167 Å². The molecule has 0 aliphatic heterocycles. The van der Waals surface area contributed by atoms with Crippen LogP contribution in [-0.4, -0.2) is 13.2 Å². The fourth-order valence-corrected chi connectivity index (χ4v) is 16.9. The fourth-order valence-electron chi connectivity index (χ4n) is 16.9. The topological polar surface area (TPSA) is 9.23 Å². The molecular formula is C62H114O. The lowest BCUT2D eigenvalue weighted by atomic mass is 9.63. The van der Waals surface area contributed by atoms with Crippen LogP contribution in [0.1, 0.15) is 297 Å². The summed E-state index contributed by atoms with van der Waals surface area (Å²) >= 11 is 0. The van der Waals surface area contributed by atoms with Crippen LogP contribution in [0.2, 0.25) is 0 Å². The molecular weight excluding hydrogens is 761 g/mol. The molecule has 0 radical (unpaired) electrons. The van der Waals surface area contributed by atoms with Gasteiger partial charge in [0.15, 0.2) is 0 Å². The minimum Gasteiger partial charge on any atom is -0.381 e. The second kappa shape index (κ2) is 30.4. The van der Waals surface area contributed by atoms with Crippen molar-refractivity contribution in [1.29, 1.82) is 0 Å². The molecule has 0 aromatic rings. The number of hydrogen-bond donors (Lipinski definition) is 0. The quantitative estimate of drug-likeness (QED) is 0.0712. The number of unbranched alkanes of at least 4 members (excludes halogenated alkanes) is 8. The highest BCUT2D eigenvalue weighted by molar-refractivity contribution is 4.90. The predicted octanol–water partition coefficient (Wildman–Crippen LogP) is 20.2. The SMILES string of the molecule is CCCCCCC[C@H]1CC[C@H](C(CCOCCC([C@H]2CC[C@H](CCCCCCC)CC2)[C@H]2CC[C@H]([C@H]3CC[C@H](CCC)CC3)CC2)[C@H]2CC[C@H]([C@H]3CC[C@H](CCC)CC3)CC2)CC1. The van der Waals surface area contributed by atoms with Crippen LogP contribution in [0.15, 0.2) is 0 Å². The molecule has 0 spiro atoms. The van der Waals surface area contributed by atoms with E-state index in [4.69, 9.17) is 4.74 Å². The van der Waals surface area contributed by atoms with Gasteiger partial charge in [0.05, 0.1) is 0 Å². The van der Waals surface area contributed by atoms with Gasteiger partial charge in [-0.15, -0.1) is 0 Å². The molecule has 0 N–H and O–H groups in total. The molecule has 6 saturated carbocycles. The van der Waals surface area contributed by atoms with Crippen LogP contribution < -0.4 is 0 Å². The van der Waals surface area contributed by atoms with Crippen LogP contribution in [0.25, 0.3) is 0 Å². The Bertz CT molecular complexity index is 994. The lowest BCUT2D eigenvalue weighted by Crippen LogP contribution is -2.34. The average Bonchev–Trinajstić information content (AvgIpc) is 3.33. The summed E-state index contributed by atoms with van der Waals surface area (Å²) in [5.74, 6) is 14.2. The van der Waals surface area contributed by atoms with Gasteiger partial charge in [0, 0.05) is 13.2 Å². The molecule has 0 bridgehead atoms. The average molecular weight is 876 g/mol. The van der Waals surface area contributed by atoms with Gasteiger partial charge in [0.1, 0.15) is 0 Å². The molecule has 0 amide bonds. The highest BCUT2D eigenvalue weighted by Gasteiger charge is 2.39. The van der Waals surface area contributed by atoms with Crippen molar-refractivity contribution in [2.75, 3.05) is 13.2 Å². The van der Waals surface area contributed by atoms with Crippen molar-refractivity contribution >= 4 is 0 Å². The second-order valence-corrected chi connectivity index (χ2v) is 25.0. The third-order valence-corrected chi connectivity index (χ3v) is 21.0. The van der Waals surface area contributed by atoms with E-state index in [0.29, 0.717) is 0 Å². The molecule has 6 fully saturated rings. The molecule has 6 aliphatic rings. The minimum absolute atomic E-state index is 0.942. The maximum absolute atomic E-state index is 6.96. The molecule has 63 heavy (non-hydrogen) atoms. The van der Waals surface area contributed by atoms with Gasteiger partial charge < -0.3 is 4.74 Å². The molecule has 0 heterocycles. The second-order valence-electron chi connectivity index (χ2n) is 25.0. The summed E-state index contributed by atoms with van der Waals surface area (Å²) < 4.78 is 6.96.